The van der Waals surface area contributed by atoms with Gasteiger partial charge in [-0.3, -0.25) is 0 Å². The van der Waals surface area contributed by atoms with Gasteiger partial charge in [-0.15, -0.1) is 0 Å². The molecule has 114 valence electrons. The van der Waals surface area contributed by atoms with Crippen LogP contribution in [0.4, 0.5) is 0 Å². The van der Waals surface area contributed by atoms with E-state index in [1.54, 1.807) is 18.4 Å². The molecular weight excluding hydrogens is 302 g/mol. The highest BCUT2D eigenvalue weighted by molar-refractivity contribution is 7.92. The SMILES string of the molecule is CCn1cc(S(=O)(=O)N2CC(S(=O)(=O)CC)C2)nc1C. The van der Waals surface area contributed by atoms with Crippen molar-refractivity contribution < 1.29 is 16.8 Å². The molecule has 9 heteroatoms. The summed E-state index contributed by atoms with van der Waals surface area (Å²) < 4.78 is 50.8. The minimum Gasteiger partial charge on any atom is -0.334 e. The van der Waals surface area contributed by atoms with Crippen LogP contribution in [0.3, 0.4) is 0 Å². The second-order valence-corrected chi connectivity index (χ2v) is 9.26. The average molecular weight is 321 g/mol. The molecule has 1 saturated heterocycles. The fourth-order valence-electron chi connectivity index (χ4n) is 2.12. The number of sulfonamides is 1. The van der Waals surface area contributed by atoms with Crippen molar-refractivity contribution >= 4 is 19.9 Å². The van der Waals surface area contributed by atoms with Crippen LogP contribution in [0.5, 0.6) is 0 Å². The van der Waals surface area contributed by atoms with E-state index in [0.717, 1.165) is 0 Å². The van der Waals surface area contributed by atoms with Gasteiger partial charge in [0.1, 0.15) is 5.82 Å². The first-order valence-electron chi connectivity index (χ1n) is 6.47. The summed E-state index contributed by atoms with van der Waals surface area (Å²) in [6.45, 7) is 5.90. The van der Waals surface area contributed by atoms with Gasteiger partial charge in [-0.05, 0) is 13.8 Å². The molecule has 0 atom stereocenters. The Labute approximate surface area is 119 Å². The summed E-state index contributed by atoms with van der Waals surface area (Å²) in [6.07, 6.45) is 1.49. The second kappa shape index (κ2) is 5.12. The first-order valence-corrected chi connectivity index (χ1v) is 9.63. The molecule has 0 spiro atoms. The largest absolute Gasteiger partial charge is 0.334 e. The highest BCUT2D eigenvalue weighted by Crippen LogP contribution is 2.25. The van der Waals surface area contributed by atoms with E-state index in [0.29, 0.717) is 12.4 Å². The molecule has 1 aromatic heterocycles. The molecule has 0 N–H and O–H groups in total. The van der Waals surface area contributed by atoms with Crippen LogP contribution in [0, 0.1) is 6.92 Å². The molecule has 1 aliphatic rings. The molecule has 1 aliphatic heterocycles. The quantitative estimate of drug-likeness (QED) is 0.762. The number of hydrogen-bond acceptors (Lipinski definition) is 5. The molecular formula is C11H19N3O4S2. The van der Waals surface area contributed by atoms with Crippen molar-refractivity contribution in [2.24, 2.45) is 0 Å². The number of aryl methyl sites for hydroxylation is 2. The van der Waals surface area contributed by atoms with Crippen molar-refractivity contribution in [1.82, 2.24) is 13.9 Å². The molecule has 0 radical (unpaired) electrons. The maximum absolute atomic E-state index is 12.3. The average Bonchev–Trinajstić information content (AvgIpc) is 2.68. The Morgan fingerprint density at radius 2 is 1.85 bits per heavy atom. The zero-order valence-electron chi connectivity index (χ0n) is 11.8. The molecule has 2 heterocycles. The lowest BCUT2D eigenvalue weighted by Gasteiger charge is -2.36. The van der Waals surface area contributed by atoms with Gasteiger partial charge >= 0.3 is 0 Å². The van der Waals surface area contributed by atoms with Gasteiger partial charge in [0.05, 0.1) is 5.25 Å². The molecule has 0 aliphatic carbocycles. The number of rotatable bonds is 5. The summed E-state index contributed by atoms with van der Waals surface area (Å²) in [5.74, 6) is 0.666. The maximum Gasteiger partial charge on any atom is 0.262 e. The van der Waals surface area contributed by atoms with Gasteiger partial charge in [-0.2, -0.15) is 4.31 Å². The van der Waals surface area contributed by atoms with Crippen LogP contribution < -0.4 is 0 Å². The third kappa shape index (κ3) is 2.49. The summed E-state index contributed by atoms with van der Waals surface area (Å²) in [6, 6.07) is 0. The summed E-state index contributed by atoms with van der Waals surface area (Å²) in [4.78, 5) is 4.05. The predicted molar refractivity (Wildman–Crippen MR) is 74.6 cm³/mol. The third-order valence-corrected chi connectivity index (χ3v) is 7.45. The zero-order valence-corrected chi connectivity index (χ0v) is 13.4. The topological polar surface area (TPSA) is 89.3 Å². The Morgan fingerprint density at radius 1 is 1.25 bits per heavy atom. The van der Waals surface area contributed by atoms with Crippen LogP contribution in [0.2, 0.25) is 0 Å². The lowest BCUT2D eigenvalue weighted by atomic mass is 10.3. The minimum absolute atomic E-state index is 0.0100. The summed E-state index contributed by atoms with van der Waals surface area (Å²) in [7, 11) is -6.85. The molecule has 0 amide bonds. The first-order chi connectivity index (χ1) is 9.22. The molecule has 20 heavy (non-hydrogen) atoms. The van der Waals surface area contributed by atoms with E-state index in [4.69, 9.17) is 0 Å². The molecule has 0 saturated carbocycles. The fraction of sp³-hybridized carbons (Fsp3) is 0.727. The van der Waals surface area contributed by atoms with Crippen molar-refractivity contribution in [1.29, 1.82) is 0 Å². The van der Waals surface area contributed by atoms with Gasteiger partial charge in [0.25, 0.3) is 10.0 Å². The highest BCUT2D eigenvalue weighted by atomic mass is 32.2. The Balaban J connectivity index is 2.18. The van der Waals surface area contributed by atoms with Crippen LogP contribution in [0.25, 0.3) is 0 Å². The van der Waals surface area contributed by atoms with Crippen LogP contribution in [-0.2, 0) is 26.4 Å². The van der Waals surface area contributed by atoms with E-state index >= 15 is 0 Å². The van der Waals surface area contributed by atoms with Gasteiger partial charge in [0.15, 0.2) is 14.9 Å². The van der Waals surface area contributed by atoms with E-state index in [9.17, 15) is 16.8 Å². The molecule has 0 aromatic carbocycles. The van der Waals surface area contributed by atoms with Gasteiger partial charge in [-0.1, -0.05) is 6.92 Å². The van der Waals surface area contributed by atoms with Crippen LogP contribution in [-0.4, -0.2) is 54.8 Å². The fourth-order valence-corrected chi connectivity index (χ4v) is 5.11. The van der Waals surface area contributed by atoms with Crippen LogP contribution >= 0.6 is 0 Å². The normalized spacial score (nSPS) is 18.1. The molecule has 1 fully saturated rings. The number of aromatic nitrogens is 2. The van der Waals surface area contributed by atoms with Crippen molar-refractivity contribution in [2.75, 3.05) is 18.8 Å². The second-order valence-electron chi connectivity index (χ2n) is 4.81. The van der Waals surface area contributed by atoms with Crippen molar-refractivity contribution in [3.05, 3.63) is 12.0 Å². The molecule has 0 bridgehead atoms. The number of hydrogen-bond donors (Lipinski definition) is 0. The molecule has 0 unspecified atom stereocenters. The Kier molecular flexibility index (Phi) is 3.96. The standard InChI is InChI=1S/C11H19N3O4S2/c1-4-13-8-11(12-9(13)3)20(17,18)14-6-10(7-14)19(15,16)5-2/h8,10H,4-7H2,1-3H3. The van der Waals surface area contributed by atoms with Gasteiger partial charge in [0.2, 0.25) is 0 Å². The van der Waals surface area contributed by atoms with Crippen molar-refractivity contribution in [3.8, 4) is 0 Å². The third-order valence-electron chi connectivity index (χ3n) is 3.62. The van der Waals surface area contributed by atoms with E-state index in [1.165, 1.54) is 10.5 Å². The van der Waals surface area contributed by atoms with E-state index in [2.05, 4.69) is 4.98 Å². The first kappa shape index (κ1) is 15.5. The van der Waals surface area contributed by atoms with Crippen LogP contribution in [0.1, 0.15) is 19.7 Å². The number of imidazole rings is 1. The Morgan fingerprint density at radius 3 is 2.30 bits per heavy atom. The number of sulfone groups is 1. The summed E-state index contributed by atoms with van der Waals surface area (Å²) in [5.41, 5.74) is 0. The van der Waals surface area contributed by atoms with Crippen LogP contribution in [0.15, 0.2) is 11.2 Å². The molecule has 7 nitrogen and oxygen atoms in total. The minimum atomic E-state index is -3.68. The zero-order chi connectivity index (χ0) is 15.1. The smallest absolute Gasteiger partial charge is 0.262 e. The van der Waals surface area contributed by atoms with E-state index in [-0.39, 0.29) is 23.9 Å². The maximum atomic E-state index is 12.3. The van der Waals surface area contributed by atoms with E-state index in [1.807, 2.05) is 6.92 Å². The van der Waals surface area contributed by atoms with Gasteiger partial charge in [0, 0.05) is 31.6 Å². The van der Waals surface area contributed by atoms with Gasteiger partial charge in [-0.25, -0.2) is 21.8 Å². The number of nitrogens with zero attached hydrogens (tertiary/aromatic N) is 3. The molecule has 2 rings (SSSR count). The Hall–Kier alpha value is -0.930. The molecule has 1 aromatic rings. The van der Waals surface area contributed by atoms with Crippen molar-refractivity contribution in [2.45, 2.75) is 37.6 Å². The highest BCUT2D eigenvalue weighted by Gasteiger charge is 2.43. The lowest BCUT2D eigenvalue weighted by molar-refractivity contribution is 0.309. The lowest BCUT2D eigenvalue weighted by Crippen LogP contribution is -2.57. The summed E-state index contributed by atoms with van der Waals surface area (Å²) in [5, 5.41) is -0.596. The monoisotopic (exact) mass is 321 g/mol. The Bertz CT molecular complexity index is 700. The van der Waals surface area contributed by atoms with Gasteiger partial charge < -0.3 is 4.57 Å². The predicted octanol–water partition coefficient (Wildman–Crippen LogP) is 0.0190. The summed E-state index contributed by atoms with van der Waals surface area (Å²) >= 11 is 0. The van der Waals surface area contributed by atoms with E-state index < -0.39 is 25.1 Å². The van der Waals surface area contributed by atoms with Crippen molar-refractivity contribution in [3.63, 3.8) is 0 Å².